The van der Waals surface area contributed by atoms with Crippen LogP contribution in [0.3, 0.4) is 0 Å². The molecule has 1 saturated heterocycles. The number of rotatable bonds is 3. The van der Waals surface area contributed by atoms with Crippen molar-refractivity contribution in [2.45, 2.75) is 32.2 Å². The van der Waals surface area contributed by atoms with Crippen LogP contribution in [0.15, 0.2) is 34.9 Å². The Bertz CT molecular complexity index is 612. The molecule has 2 aromatic rings. The van der Waals surface area contributed by atoms with Gasteiger partial charge in [0.05, 0.1) is 12.1 Å². The second kappa shape index (κ2) is 4.49. The molecule has 0 saturated carbocycles. The van der Waals surface area contributed by atoms with Crippen LogP contribution in [-0.4, -0.2) is 29.3 Å². The minimum atomic E-state index is 0.134. The third-order valence-corrected chi connectivity index (χ3v) is 4.19. The Hall–Kier alpha value is -1.61. The number of ketones is 1. The first-order chi connectivity index (χ1) is 9.08. The van der Waals surface area contributed by atoms with Gasteiger partial charge >= 0.3 is 0 Å². The van der Waals surface area contributed by atoms with Crippen molar-refractivity contribution in [3.8, 4) is 0 Å². The highest BCUT2D eigenvalue weighted by atomic mass is 16.3. The molecule has 0 unspecified atom stereocenters. The van der Waals surface area contributed by atoms with Crippen molar-refractivity contribution in [2.24, 2.45) is 0 Å². The minimum Gasteiger partial charge on any atom is -0.464 e. The van der Waals surface area contributed by atoms with Crippen LogP contribution in [0.1, 0.15) is 37.0 Å². The summed E-state index contributed by atoms with van der Waals surface area (Å²) in [6.07, 6.45) is 3.93. The Balaban J connectivity index is 1.85. The fourth-order valence-electron chi connectivity index (χ4n) is 2.91. The summed E-state index contributed by atoms with van der Waals surface area (Å²) in [4.78, 5) is 14.7. The van der Waals surface area contributed by atoms with Crippen LogP contribution < -0.4 is 0 Å². The lowest BCUT2D eigenvalue weighted by Gasteiger charge is -2.30. The van der Waals surface area contributed by atoms with Gasteiger partial charge in [0.15, 0.2) is 5.78 Å². The number of nitrogens with zero attached hydrogens (tertiary/aromatic N) is 1. The molecule has 3 heteroatoms. The maximum atomic E-state index is 12.5. The third-order valence-electron chi connectivity index (χ3n) is 4.19. The summed E-state index contributed by atoms with van der Waals surface area (Å²) in [7, 11) is 0. The zero-order chi connectivity index (χ0) is 13.5. The molecule has 1 fully saturated rings. The Morgan fingerprint density at radius 3 is 2.89 bits per heavy atom. The molecule has 0 spiro atoms. The van der Waals surface area contributed by atoms with Crippen LogP contribution in [0.2, 0.25) is 0 Å². The van der Waals surface area contributed by atoms with Crippen LogP contribution >= 0.6 is 0 Å². The summed E-state index contributed by atoms with van der Waals surface area (Å²) in [5, 5.41) is 0.921. The number of hydrogen-bond donors (Lipinski definition) is 0. The fraction of sp³-hybridized carbons (Fsp3) is 0.438. The normalized spacial score (nSPS) is 19.1. The average molecular weight is 257 g/mol. The molecule has 0 amide bonds. The van der Waals surface area contributed by atoms with Crippen molar-refractivity contribution in [1.82, 2.24) is 4.90 Å². The van der Waals surface area contributed by atoms with Gasteiger partial charge in [-0.2, -0.15) is 0 Å². The van der Waals surface area contributed by atoms with Crippen molar-refractivity contribution in [1.29, 1.82) is 0 Å². The Morgan fingerprint density at radius 2 is 2.16 bits per heavy atom. The highest BCUT2D eigenvalue weighted by Crippen LogP contribution is 2.29. The zero-order valence-corrected chi connectivity index (χ0v) is 11.5. The molecule has 1 aliphatic rings. The number of furan rings is 1. The standard InChI is InChI=1S/C16H19NO2/c1-16(2)8-5-9-17(16)10-14(18)13-11-19-15-7-4-3-6-12(13)15/h3-4,6-7,11H,5,8-10H2,1-2H3. The average Bonchev–Trinajstić information content (AvgIpc) is 2.93. The first-order valence-electron chi connectivity index (χ1n) is 6.82. The Kier molecular flexibility index (Phi) is 2.94. The summed E-state index contributed by atoms with van der Waals surface area (Å²) in [6, 6.07) is 7.70. The van der Waals surface area contributed by atoms with Gasteiger partial charge in [0.1, 0.15) is 11.8 Å². The van der Waals surface area contributed by atoms with Gasteiger partial charge in [0.2, 0.25) is 0 Å². The molecule has 0 radical (unpaired) electrons. The van der Waals surface area contributed by atoms with E-state index in [9.17, 15) is 4.79 Å². The molecule has 0 aliphatic carbocycles. The molecule has 100 valence electrons. The van der Waals surface area contributed by atoms with E-state index in [-0.39, 0.29) is 11.3 Å². The predicted molar refractivity (Wildman–Crippen MR) is 75.4 cm³/mol. The number of likely N-dealkylation sites (tertiary alicyclic amines) is 1. The highest BCUT2D eigenvalue weighted by molar-refractivity contribution is 6.08. The summed E-state index contributed by atoms with van der Waals surface area (Å²) < 4.78 is 5.45. The second-order valence-electron chi connectivity index (χ2n) is 5.91. The molecule has 1 aromatic carbocycles. The van der Waals surface area contributed by atoms with E-state index in [0.717, 1.165) is 23.9 Å². The van der Waals surface area contributed by atoms with Gasteiger partial charge in [-0.25, -0.2) is 0 Å². The lowest BCUT2D eigenvalue weighted by Crippen LogP contribution is -2.41. The van der Waals surface area contributed by atoms with Gasteiger partial charge in [-0.05, 0) is 39.3 Å². The lowest BCUT2D eigenvalue weighted by atomic mass is 10.0. The molecule has 2 heterocycles. The van der Waals surface area contributed by atoms with Crippen LogP contribution in [0, 0.1) is 0 Å². The molecule has 0 bridgehead atoms. The van der Waals surface area contributed by atoms with Crippen molar-refractivity contribution in [3.63, 3.8) is 0 Å². The quantitative estimate of drug-likeness (QED) is 0.789. The fourth-order valence-corrected chi connectivity index (χ4v) is 2.91. The first kappa shape index (κ1) is 12.4. The Labute approximate surface area is 113 Å². The molecular weight excluding hydrogens is 238 g/mol. The van der Waals surface area contributed by atoms with Gasteiger partial charge in [-0.1, -0.05) is 18.2 Å². The third kappa shape index (κ3) is 2.19. The van der Waals surface area contributed by atoms with E-state index in [4.69, 9.17) is 4.42 Å². The van der Waals surface area contributed by atoms with E-state index < -0.39 is 0 Å². The number of para-hydroxylation sites is 1. The lowest BCUT2D eigenvalue weighted by molar-refractivity contribution is 0.0872. The number of hydrogen-bond acceptors (Lipinski definition) is 3. The van der Waals surface area contributed by atoms with Crippen molar-refractivity contribution in [2.75, 3.05) is 13.1 Å². The maximum Gasteiger partial charge on any atom is 0.180 e. The molecular formula is C16H19NO2. The van der Waals surface area contributed by atoms with Gasteiger partial charge in [-0.3, -0.25) is 9.69 Å². The molecule has 1 aromatic heterocycles. The zero-order valence-electron chi connectivity index (χ0n) is 11.5. The first-order valence-corrected chi connectivity index (χ1v) is 6.82. The summed E-state index contributed by atoms with van der Waals surface area (Å²) >= 11 is 0. The molecule has 19 heavy (non-hydrogen) atoms. The van der Waals surface area contributed by atoms with Gasteiger partial charge in [0, 0.05) is 10.9 Å². The van der Waals surface area contributed by atoms with E-state index in [2.05, 4.69) is 18.7 Å². The van der Waals surface area contributed by atoms with Crippen LogP contribution in [0.25, 0.3) is 11.0 Å². The molecule has 0 N–H and O–H groups in total. The predicted octanol–water partition coefficient (Wildman–Crippen LogP) is 3.49. The Morgan fingerprint density at radius 1 is 1.37 bits per heavy atom. The van der Waals surface area contributed by atoms with Gasteiger partial charge in [0.25, 0.3) is 0 Å². The summed E-state index contributed by atoms with van der Waals surface area (Å²) in [5.41, 5.74) is 1.62. The molecule has 3 nitrogen and oxygen atoms in total. The van der Waals surface area contributed by atoms with Gasteiger partial charge < -0.3 is 4.42 Å². The van der Waals surface area contributed by atoms with Crippen LogP contribution in [0.4, 0.5) is 0 Å². The number of benzene rings is 1. The van der Waals surface area contributed by atoms with E-state index in [0.29, 0.717) is 12.1 Å². The highest BCUT2D eigenvalue weighted by Gasteiger charge is 2.33. The van der Waals surface area contributed by atoms with E-state index >= 15 is 0 Å². The van der Waals surface area contributed by atoms with E-state index in [1.165, 1.54) is 6.42 Å². The summed E-state index contributed by atoms with van der Waals surface area (Å²) in [6.45, 7) is 5.91. The number of fused-ring (bicyclic) bond motifs is 1. The molecule has 3 rings (SSSR count). The number of carbonyl (C=O) groups is 1. The van der Waals surface area contributed by atoms with Gasteiger partial charge in [-0.15, -0.1) is 0 Å². The van der Waals surface area contributed by atoms with Crippen molar-refractivity contribution in [3.05, 3.63) is 36.1 Å². The largest absolute Gasteiger partial charge is 0.464 e. The molecule has 0 atom stereocenters. The van der Waals surface area contributed by atoms with E-state index in [1.54, 1.807) is 6.26 Å². The topological polar surface area (TPSA) is 33.5 Å². The minimum absolute atomic E-state index is 0.134. The smallest absolute Gasteiger partial charge is 0.180 e. The van der Waals surface area contributed by atoms with Crippen molar-refractivity contribution >= 4 is 16.8 Å². The van der Waals surface area contributed by atoms with Crippen LogP contribution in [0.5, 0.6) is 0 Å². The number of Topliss-reactive ketones (excluding diaryl/α,β-unsaturated/α-hetero) is 1. The molecule has 1 aliphatic heterocycles. The monoisotopic (exact) mass is 257 g/mol. The number of carbonyl (C=O) groups excluding carboxylic acids is 1. The summed E-state index contributed by atoms with van der Waals surface area (Å²) in [5.74, 6) is 0.153. The van der Waals surface area contributed by atoms with Crippen molar-refractivity contribution < 1.29 is 9.21 Å². The second-order valence-corrected chi connectivity index (χ2v) is 5.91. The van der Waals surface area contributed by atoms with Crippen LogP contribution in [-0.2, 0) is 0 Å². The SMILES string of the molecule is CC1(C)CCCN1CC(=O)c1coc2ccccc12. The van der Waals surface area contributed by atoms with E-state index in [1.807, 2.05) is 24.3 Å². The maximum absolute atomic E-state index is 12.5.